The van der Waals surface area contributed by atoms with E-state index in [1.54, 1.807) is 26.2 Å². The lowest BCUT2D eigenvalue weighted by molar-refractivity contribution is -0.132. The molecule has 2 heterocycles. The van der Waals surface area contributed by atoms with Crippen molar-refractivity contribution in [2.75, 3.05) is 20.6 Å². The van der Waals surface area contributed by atoms with Crippen molar-refractivity contribution in [3.63, 3.8) is 0 Å². The van der Waals surface area contributed by atoms with E-state index in [0.29, 0.717) is 25.9 Å². The first-order valence-electron chi connectivity index (χ1n) is 6.39. The summed E-state index contributed by atoms with van der Waals surface area (Å²) >= 11 is 1.17. The molecule has 1 aliphatic heterocycles. The van der Waals surface area contributed by atoms with Gasteiger partial charge in [0, 0.05) is 32.1 Å². The second-order valence-corrected chi connectivity index (χ2v) is 8.22. The third-order valence-corrected chi connectivity index (χ3v) is 6.81. The summed E-state index contributed by atoms with van der Waals surface area (Å²) in [5.74, 6) is -0.165. The second kappa shape index (κ2) is 5.80. The molecule has 112 valence electrons. The monoisotopic (exact) mass is 317 g/mol. The average molecular weight is 317 g/mol. The van der Waals surface area contributed by atoms with Crippen molar-refractivity contribution in [1.82, 2.24) is 9.21 Å². The molecule has 0 aliphatic carbocycles. The summed E-state index contributed by atoms with van der Waals surface area (Å²) in [4.78, 5) is 14.4. The Bertz CT molecular complexity index is 595. The van der Waals surface area contributed by atoms with Gasteiger partial charge in [-0.05, 0) is 25.0 Å². The maximum absolute atomic E-state index is 12.6. The van der Waals surface area contributed by atoms with Gasteiger partial charge in [0.05, 0.1) is 0 Å². The summed E-state index contributed by atoms with van der Waals surface area (Å²) in [5, 5.41) is 0. The normalized spacial score (nSPS) is 20.2. The van der Waals surface area contributed by atoms with Crippen molar-refractivity contribution >= 4 is 27.3 Å². The van der Waals surface area contributed by atoms with Gasteiger partial charge in [-0.1, -0.05) is 0 Å². The van der Waals surface area contributed by atoms with Crippen molar-refractivity contribution in [1.29, 1.82) is 0 Å². The number of nitrogens with two attached hydrogens (primary N) is 1. The average Bonchev–Trinajstić information content (AvgIpc) is 3.06. The molecule has 1 aromatic rings. The van der Waals surface area contributed by atoms with Gasteiger partial charge in [-0.2, -0.15) is 4.31 Å². The highest BCUT2D eigenvalue weighted by Gasteiger charge is 2.40. The quantitative estimate of drug-likeness (QED) is 0.874. The number of nitrogens with zero attached hydrogens (tertiary/aromatic N) is 2. The number of sulfonamides is 1. The maximum atomic E-state index is 12.6. The fourth-order valence-corrected chi connectivity index (χ4v) is 5.31. The molecule has 6 nitrogen and oxygen atoms in total. The van der Waals surface area contributed by atoms with E-state index in [1.165, 1.54) is 20.5 Å². The van der Waals surface area contributed by atoms with E-state index < -0.39 is 16.1 Å². The van der Waals surface area contributed by atoms with Gasteiger partial charge >= 0.3 is 0 Å². The largest absolute Gasteiger partial charge is 0.347 e. The predicted molar refractivity (Wildman–Crippen MR) is 77.8 cm³/mol. The lowest BCUT2D eigenvalue weighted by Gasteiger charge is -2.24. The zero-order valence-corrected chi connectivity index (χ0v) is 13.2. The molecule has 0 radical (unpaired) electrons. The van der Waals surface area contributed by atoms with Crippen LogP contribution in [0.15, 0.2) is 16.3 Å². The highest BCUT2D eigenvalue weighted by Crippen LogP contribution is 2.30. The smallest absolute Gasteiger partial charge is 0.253 e. The van der Waals surface area contributed by atoms with E-state index in [1.807, 2.05) is 0 Å². The summed E-state index contributed by atoms with van der Waals surface area (Å²) in [6, 6.07) is 2.70. The number of rotatable bonds is 4. The Labute approximate surface area is 123 Å². The highest BCUT2D eigenvalue weighted by molar-refractivity contribution is 7.91. The molecule has 2 rings (SSSR count). The van der Waals surface area contributed by atoms with E-state index in [-0.39, 0.29) is 10.1 Å². The van der Waals surface area contributed by atoms with Crippen LogP contribution in [0.2, 0.25) is 0 Å². The fraction of sp³-hybridized carbons (Fsp3) is 0.583. The number of carbonyl (C=O) groups excluding carboxylic acids is 1. The van der Waals surface area contributed by atoms with Crippen molar-refractivity contribution < 1.29 is 13.2 Å². The first-order valence-corrected chi connectivity index (χ1v) is 8.65. The molecule has 1 aliphatic rings. The van der Waals surface area contributed by atoms with Gasteiger partial charge in [-0.15, -0.1) is 11.3 Å². The summed E-state index contributed by atoms with van der Waals surface area (Å²) in [7, 11) is -0.323. The van der Waals surface area contributed by atoms with Crippen LogP contribution in [0.5, 0.6) is 0 Å². The zero-order chi connectivity index (χ0) is 14.9. The van der Waals surface area contributed by atoms with Crippen LogP contribution in [-0.2, 0) is 21.4 Å². The number of likely N-dealkylation sites (N-methyl/N-ethyl adjacent to an activating group) is 1. The van der Waals surface area contributed by atoms with Crippen LogP contribution < -0.4 is 5.73 Å². The highest BCUT2D eigenvalue weighted by atomic mass is 32.2. The first-order chi connectivity index (χ1) is 9.37. The lowest BCUT2D eigenvalue weighted by Crippen LogP contribution is -2.45. The van der Waals surface area contributed by atoms with Crippen LogP contribution in [0.3, 0.4) is 0 Å². The number of hydrogen-bond donors (Lipinski definition) is 1. The van der Waals surface area contributed by atoms with Crippen LogP contribution in [0.25, 0.3) is 0 Å². The van der Waals surface area contributed by atoms with Crippen LogP contribution in [-0.4, -0.2) is 50.2 Å². The minimum atomic E-state index is -3.61. The summed E-state index contributed by atoms with van der Waals surface area (Å²) in [5.41, 5.74) is 5.52. The van der Waals surface area contributed by atoms with Crippen molar-refractivity contribution in [3.8, 4) is 0 Å². The van der Waals surface area contributed by atoms with Crippen molar-refractivity contribution in [3.05, 3.63) is 17.0 Å². The Balaban J connectivity index is 2.30. The molecular formula is C12H19N3O3S2. The van der Waals surface area contributed by atoms with Crippen LogP contribution in [0, 0.1) is 0 Å². The molecule has 20 heavy (non-hydrogen) atoms. The van der Waals surface area contributed by atoms with Crippen LogP contribution in [0.1, 0.15) is 17.7 Å². The molecule has 0 bridgehead atoms. The first kappa shape index (κ1) is 15.4. The molecule has 0 spiro atoms. The van der Waals surface area contributed by atoms with Gasteiger partial charge in [0.1, 0.15) is 10.3 Å². The van der Waals surface area contributed by atoms with Crippen molar-refractivity contribution in [2.24, 2.45) is 5.73 Å². The summed E-state index contributed by atoms with van der Waals surface area (Å²) < 4.78 is 26.8. The zero-order valence-electron chi connectivity index (χ0n) is 11.6. The van der Waals surface area contributed by atoms with E-state index in [4.69, 9.17) is 5.73 Å². The lowest BCUT2D eigenvalue weighted by atomic mass is 10.2. The number of carbonyl (C=O) groups is 1. The predicted octanol–water partition coefficient (Wildman–Crippen LogP) is 0.448. The molecule has 1 unspecified atom stereocenters. The van der Waals surface area contributed by atoms with E-state index in [2.05, 4.69) is 0 Å². The Hall–Kier alpha value is -0.960. The van der Waals surface area contributed by atoms with Gasteiger partial charge in [-0.25, -0.2) is 8.42 Å². The third kappa shape index (κ3) is 2.73. The van der Waals surface area contributed by atoms with Gasteiger partial charge in [0.15, 0.2) is 0 Å². The van der Waals surface area contributed by atoms with Crippen molar-refractivity contribution in [2.45, 2.75) is 29.6 Å². The van der Waals surface area contributed by atoms with Crippen LogP contribution >= 0.6 is 11.3 Å². The Morgan fingerprint density at radius 3 is 2.75 bits per heavy atom. The molecular weight excluding hydrogens is 298 g/mol. The Kier molecular flexibility index (Phi) is 4.48. The molecule has 1 fully saturated rings. The second-order valence-electron chi connectivity index (χ2n) is 4.93. The van der Waals surface area contributed by atoms with Crippen LogP contribution in [0.4, 0.5) is 0 Å². The number of amides is 1. The minimum absolute atomic E-state index is 0.165. The fourth-order valence-electron chi connectivity index (χ4n) is 2.29. The molecule has 1 amide bonds. The minimum Gasteiger partial charge on any atom is -0.347 e. The van der Waals surface area contributed by atoms with E-state index in [9.17, 15) is 13.2 Å². The van der Waals surface area contributed by atoms with E-state index in [0.717, 1.165) is 4.88 Å². The Morgan fingerprint density at radius 2 is 2.20 bits per heavy atom. The molecule has 1 aromatic heterocycles. The summed E-state index contributed by atoms with van der Waals surface area (Å²) in [6.45, 7) is 0.711. The van der Waals surface area contributed by atoms with E-state index >= 15 is 0 Å². The molecule has 1 saturated heterocycles. The third-order valence-electron chi connectivity index (χ3n) is 3.33. The summed E-state index contributed by atoms with van der Waals surface area (Å²) in [6.07, 6.45) is 1.28. The standard InChI is InChI=1S/C12H19N3O3S2/c1-14(2)12(16)10-4-3-7-15(10)20(17,18)11-6-5-9(8-13)19-11/h5-6,10H,3-4,7-8,13H2,1-2H3. The van der Waals surface area contributed by atoms with Gasteiger partial charge in [-0.3, -0.25) is 4.79 Å². The topological polar surface area (TPSA) is 83.7 Å². The molecule has 0 saturated carbocycles. The number of thiophene rings is 1. The van der Waals surface area contributed by atoms with Gasteiger partial charge in [0.2, 0.25) is 5.91 Å². The Morgan fingerprint density at radius 1 is 1.50 bits per heavy atom. The van der Waals surface area contributed by atoms with Gasteiger partial charge < -0.3 is 10.6 Å². The number of hydrogen-bond acceptors (Lipinski definition) is 5. The SMILES string of the molecule is CN(C)C(=O)C1CCCN1S(=O)(=O)c1ccc(CN)s1. The van der Waals surface area contributed by atoms with Gasteiger partial charge in [0.25, 0.3) is 10.0 Å². The molecule has 8 heteroatoms. The maximum Gasteiger partial charge on any atom is 0.253 e. The molecule has 1 atom stereocenters. The molecule has 0 aromatic carbocycles. The molecule has 2 N–H and O–H groups in total.